The van der Waals surface area contributed by atoms with Gasteiger partial charge in [0.15, 0.2) is 0 Å². The van der Waals surface area contributed by atoms with Crippen molar-refractivity contribution >= 4 is 5.91 Å². The van der Waals surface area contributed by atoms with Crippen molar-refractivity contribution in [1.82, 2.24) is 9.88 Å². The highest BCUT2D eigenvalue weighted by Crippen LogP contribution is 2.19. The molecule has 0 saturated carbocycles. The van der Waals surface area contributed by atoms with Gasteiger partial charge < -0.3 is 5.73 Å². The minimum absolute atomic E-state index is 0.361. The molecular weight excluding hydrogens is 250 g/mol. The Bertz CT molecular complexity index is 625. The fourth-order valence-electron chi connectivity index (χ4n) is 2.59. The second-order valence-corrected chi connectivity index (χ2v) is 5.11. The van der Waals surface area contributed by atoms with Gasteiger partial charge in [-0.15, -0.1) is 0 Å². The molecule has 0 fully saturated rings. The van der Waals surface area contributed by atoms with Gasteiger partial charge in [0.25, 0.3) is 5.91 Å². The van der Waals surface area contributed by atoms with Crippen LogP contribution in [0.2, 0.25) is 0 Å². The van der Waals surface area contributed by atoms with E-state index in [1.165, 1.54) is 11.1 Å². The van der Waals surface area contributed by atoms with Crippen molar-refractivity contribution in [3.05, 3.63) is 65.0 Å². The van der Waals surface area contributed by atoms with Crippen LogP contribution in [0.15, 0.2) is 42.5 Å². The van der Waals surface area contributed by atoms with E-state index in [4.69, 9.17) is 5.73 Å². The molecule has 0 saturated heterocycles. The molecule has 0 atom stereocenters. The van der Waals surface area contributed by atoms with Gasteiger partial charge in [0.1, 0.15) is 5.69 Å². The maximum atomic E-state index is 11.1. The van der Waals surface area contributed by atoms with Crippen molar-refractivity contribution in [2.45, 2.75) is 19.5 Å². The zero-order valence-electron chi connectivity index (χ0n) is 11.2. The highest BCUT2D eigenvalue weighted by Gasteiger charge is 2.18. The summed E-state index contributed by atoms with van der Waals surface area (Å²) < 4.78 is 0. The number of fused-ring (bicyclic) bond motifs is 1. The highest BCUT2D eigenvalue weighted by atomic mass is 16.1. The van der Waals surface area contributed by atoms with Crippen LogP contribution in [0.4, 0.5) is 0 Å². The summed E-state index contributed by atoms with van der Waals surface area (Å²) in [5.74, 6) is -0.459. The number of carbonyl (C=O) groups is 1. The van der Waals surface area contributed by atoms with E-state index in [-0.39, 0.29) is 0 Å². The summed E-state index contributed by atoms with van der Waals surface area (Å²) in [6, 6.07) is 14.1. The normalized spacial score (nSPS) is 14.8. The molecule has 0 spiro atoms. The lowest BCUT2D eigenvalue weighted by Gasteiger charge is -2.28. The van der Waals surface area contributed by atoms with Crippen molar-refractivity contribution in [2.24, 2.45) is 5.73 Å². The molecule has 2 aromatic rings. The van der Waals surface area contributed by atoms with Crippen LogP contribution in [0.25, 0.3) is 0 Å². The summed E-state index contributed by atoms with van der Waals surface area (Å²) in [5.41, 5.74) is 9.14. The topological polar surface area (TPSA) is 59.2 Å². The summed E-state index contributed by atoms with van der Waals surface area (Å²) in [4.78, 5) is 17.9. The van der Waals surface area contributed by atoms with Gasteiger partial charge in [0.2, 0.25) is 0 Å². The monoisotopic (exact) mass is 267 g/mol. The summed E-state index contributed by atoms with van der Waals surface area (Å²) in [7, 11) is 0. The van der Waals surface area contributed by atoms with Gasteiger partial charge in [-0.3, -0.25) is 9.69 Å². The zero-order chi connectivity index (χ0) is 13.9. The van der Waals surface area contributed by atoms with Crippen LogP contribution in [0, 0.1) is 0 Å². The first-order valence-corrected chi connectivity index (χ1v) is 6.77. The lowest BCUT2D eigenvalue weighted by molar-refractivity contribution is 0.0995. The number of aromatic nitrogens is 1. The SMILES string of the molecule is NC(=O)c1ccc2c(n1)CCN(Cc1ccccc1)C2. The summed E-state index contributed by atoms with van der Waals surface area (Å²) >= 11 is 0. The Morgan fingerprint density at radius 3 is 2.75 bits per heavy atom. The van der Waals surface area contributed by atoms with E-state index in [1.54, 1.807) is 6.07 Å². The molecule has 1 aromatic heterocycles. The first-order valence-electron chi connectivity index (χ1n) is 6.77. The molecule has 2 N–H and O–H groups in total. The average molecular weight is 267 g/mol. The Kier molecular flexibility index (Phi) is 3.48. The van der Waals surface area contributed by atoms with Gasteiger partial charge in [-0.25, -0.2) is 4.98 Å². The summed E-state index contributed by atoms with van der Waals surface area (Å²) in [6.07, 6.45) is 0.864. The van der Waals surface area contributed by atoms with Crippen LogP contribution >= 0.6 is 0 Å². The molecule has 0 aliphatic carbocycles. The Balaban J connectivity index is 1.74. The summed E-state index contributed by atoms with van der Waals surface area (Å²) in [6.45, 7) is 2.77. The quantitative estimate of drug-likeness (QED) is 0.921. The second-order valence-electron chi connectivity index (χ2n) is 5.11. The van der Waals surface area contributed by atoms with Crippen molar-refractivity contribution in [2.75, 3.05) is 6.54 Å². The third kappa shape index (κ3) is 2.70. The Morgan fingerprint density at radius 2 is 2.00 bits per heavy atom. The molecule has 0 bridgehead atoms. The predicted molar refractivity (Wildman–Crippen MR) is 77.0 cm³/mol. The van der Waals surface area contributed by atoms with Crippen molar-refractivity contribution in [3.63, 3.8) is 0 Å². The standard InChI is InChI=1S/C16H17N3O/c17-16(20)15-7-6-13-11-19(9-8-14(13)18-15)10-12-4-2-1-3-5-12/h1-7H,8-11H2,(H2,17,20). The van der Waals surface area contributed by atoms with E-state index in [2.05, 4.69) is 34.1 Å². The number of nitrogens with two attached hydrogens (primary N) is 1. The summed E-state index contributed by atoms with van der Waals surface area (Å²) in [5, 5.41) is 0. The number of nitrogens with zero attached hydrogens (tertiary/aromatic N) is 2. The Hall–Kier alpha value is -2.20. The number of hydrogen-bond donors (Lipinski definition) is 1. The van der Waals surface area contributed by atoms with Gasteiger partial charge in [-0.2, -0.15) is 0 Å². The molecular formula is C16H17N3O. The predicted octanol–water partition coefficient (Wildman–Crippen LogP) is 1.74. The number of rotatable bonds is 3. The minimum atomic E-state index is -0.459. The molecule has 102 valence electrons. The van der Waals surface area contributed by atoms with Crippen molar-refractivity contribution < 1.29 is 4.79 Å². The smallest absolute Gasteiger partial charge is 0.267 e. The maximum absolute atomic E-state index is 11.1. The lowest BCUT2D eigenvalue weighted by Crippen LogP contribution is -2.31. The molecule has 4 nitrogen and oxygen atoms in total. The molecule has 0 radical (unpaired) electrons. The van der Waals surface area contributed by atoms with Gasteiger partial charge in [-0.1, -0.05) is 36.4 Å². The number of hydrogen-bond acceptors (Lipinski definition) is 3. The number of carbonyl (C=O) groups excluding carboxylic acids is 1. The van der Waals surface area contributed by atoms with E-state index in [9.17, 15) is 4.79 Å². The number of benzene rings is 1. The molecule has 0 unspecified atom stereocenters. The Morgan fingerprint density at radius 1 is 1.20 bits per heavy atom. The van der Waals surface area contributed by atoms with E-state index >= 15 is 0 Å². The third-order valence-electron chi connectivity index (χ3n) is 3.63. The van der Waals surface area contributed by atoms with Crippen LogP contribution < -0.4 is 5.73 Å². The van der Waals surface area contributed by atoms with E-state index in [0.717, 1.165) is 31.7 Å². The molecule has 2 heterocycles. The van der Waals surface area contributed by atoms with Gasteiger partial charge >= 0.3 is 0 Å². The first kappa shape index (κ1) is 12.8. The fourth-order valence-corrected chi connectivity index (χ4v) is 2.59. The van der Waals surface area contributed by atoms with Crippen molar-refractivity contribution in [1.29, 1.82) is 0 Å². The van der Waals surface area contributed by atoms with Gasteiger partial charge in [0, 0.05) is 31.7 Å². The molecule has 1 aliphatic heterocycles. The van der Waals surface area contributed by atoms with Crippen LogP contribution in [0.1, 0.15) is 27.3 Å². The van der Waals surface area contributed by atoms with Crippen LogP contribution in [-0.2, 0) is 19.5 Å². The Labute approximate surface area is 118 Å². The number of pyridine rings is 1. The van der Waals surface area contributed by atoms with E-state index in [1.807, 2.05) is 12.1 Å². The lowest BCUT2D eigenvalue weighted by atomic mass is 10.0. The number of amides is 1. The zero-order valence-corrected chi connectivity index (χ0v) is 11.2. The highest BCUT2D eigenvalue weighted by molar-refractivity contribution is 5.90. The van der Waals surface area contributed by atoms with Crippen LogP contribution in [0.3, 0.4) is 0 Å². The second kappa shape index (κ2) is 5.43. The van der Waals surface area contributed by atoms with Gasteiger partial charge in [-0.05, 0) is 17.2 Å². The number of primary amides is 1. The maximum Gasteiger partial charge on any atom is 0.267 e. The largest absolute Gasteiger partial charge is 0.364 e. The first-order chi connectivity index (χ1) is 9.72. The van der Waals surface area contributed by atoms with Crippen LogP contribution in [0.5, 0.6) is 0 Å². The molecule has 20 heavy (non-hydrogen) atoms. The molecule has 4 heteroatoms. The van der Waals surface area contributed by atoms with E-state index in [0.29, 0.717) is 5.69 Å². The third-order valence-corrected chi connectivity index (χ3v) is 3.63. The van der Waals surface area contributed by atoms with Crippen LogP contribution in [-0.4, -0.2) is 22.3 Å². The molecule has 1 aliphatic rings. The van der Waals surface area contributed by atoms with Gasteiger partial charge in [0.05, 0.1) is 0 Å². The minimum Gasteiger partial charge on any atom is -0.364 e. The fraction of sp³-hybridized carbons (Fsp3) is 0.250. The molecule has 1 aromatic carbocycles. The molecule has 3 rings (SSSR count). The molecule has 1 amide bonds. The average Bonchev–Trinajstić information content (AvgIpc) is 2.47. The van der Waals surface area contributed by atoms with E-state index < -0.39 is 5.91 Å². The van der Waals surface area contributed by atoms with Crippen molar-refractivity contribution in [3.8, 4) is 0 Å².